The summed E-state index contributed by atoms with van der Waals surface area (Å²) in [5, 5.41) is 30.0. The molecule has 4 amide bonds. The molecular weight excluding hydrogens is 1330 g/mol. The highest BCUT2D eigenvalue weighted by Crippen LogP contribution is 2.40. The third-order valence-electron chi connectivity index (χ3n) is 16.5. The lowest BCUT2D eigenvalue weighted by Gasteiger charge is -2.38. The molecule has 93 heavy (non-hydrogen) atoms. The summed E-state index contributed by atoms with van der Waals surface area (Å²) < 4.78 is 39.2. The summed E-state index contributed by atoms with van der Waals surface area (Å²) in [4.78, 5) is 106. The summed E-state index contributed by atoms with van der Waals surface area (Å²) in [6.07, 6.45) is 6.07. The average Bonchev–Trinajstić information content (AvgIpc) is 1.74. The van der Waals surface area contributed by atoms with Gasteiger partial charge in [0.1, 0.15) is 23.7 Å². The average molecular weight is 1390 g/mol. The Labute approximate surface area is 554 Å². The first-order valence-corrected chi connectivity index (χ1v) is 32.4. The number of piperazine rings is 2. The van der Waals surface area contributed by atoms with E-state index in [0.29, 0.717) is 125 Å². The van der Waals surface area contributed by atoms with Crippen molar-refractivity contribution in [2.75, 3.05) is 89.0 Å². The molecular formula is C65H62BrClF2N12O10S2. The molecule has 4 fully saturated rings. The fraction of sp³-hybridized carbons (Fsp3) is 0.292. The number of urea groups is 2. The minimum Gasteiger partial charge on any atom is -0.478 e. The van der Waals surface area contributed by atoms with Crippen LogP contribution in [0.5, 0.6) is 0 Å². The van der Waals surface area contributed by atoms with Crippen LogP contribution in [0.4, 0.5) is 29.7 Å². The molecule has 6 aliphatic heterocycles. The molecule has 8 heterocycles. The number of carboxylic acid groups (broad SMARTS) is 2. The number of aromatic nitrogens is 2. The lowest BCUT2D eigenvalue weighted by molar-refractivity contribution is -0.139. The maximum Gasteiger partial charge on any atom is 0.338 e. The molecule has 4 N–H and O–H groups in total. The number of anilines is 2. The number of allylic oxidation sites excluding steroid dienone is 1. The van der Waals surface area contributed by atoms with Crippen LogP contribution in [0.25, 0.3) is 11.6 Å². The molecule has 0 aliphatic carbocycles. The number of hydrogen-bond donors (Lipinski definition) is 4. The molecule has 0 unspecified atom stereocenters. The largest absolute Gasteiger partial charge is 0.478 e. The number of halogens is 4. The van der Waals surface area contributed by atoms with Crippen molar-refractivity contribution in [3.8, 4) is 0 Å². The number of carbonyl (C=O) groups excluding carboxylic acids is 4. The van der Waals surface area contributed by atoms with Crippen LogP contribution < -0.4 is 20.4 Å². The number of nitrogens with zero attached hydrogens (tertiary/aromatic N) is 10. The third-order valence-corrected chi connectivity index (χ3v) is 19.0. The second-order valence-corrected chi connectivity index (χ2v) is 25.5. The summed E-state index contributed by atoms with van der Waals surface area (Å²) >= 11 is 12.7. The normalized spacial score (nSPS) is 20.3. The van der Waals surface area contributed by atoms with E-state index in [-0.39, 0.29) is 46.9 Å². The van der Waals surface area contributed by atoms with Crippen LogP contribution in [0.3, 0.4) is 0 Å². The molecule has 0 saturated carbocycles. The summed E-state index contributed by atoms with van der Waals surface area (Å²) in [6.45, 7) is 10.0. The number of benzene rings is 4. The van der Waals surface area contributed by atoms with Gasteiger partial charge in [0.05, 0.1) is 36.9 Å². The number of rotatable bonds is 17. The molecule has 482 valence electrons. The molecule has 0 bridgehead atoms. The van der Waals surface area contributed by atoms with Gasteiger partial charge in [0.25, 0.3) is 0 Å². The molecule has 28 heteroatoms. The molecule has 12 rings (SSSR count). The van der Waals surface area contributed by atoms with Crippen molar-refractivity contribution in [3.05, 3.63) is 196 Å². The maximum atomic E-state index is 14.1. The molecule has 4 atom stereocenters. The van der Waals surface area contributed by atoms with Gasteiger partial charge < -0.3 is 40.1 Å². The van der Waals surface area contributed by atoms with E-state index in [4.69, 9.17) is 36.2 Å². The Morgan fingerprint density at radius 2 is 1.20 bits per heavy atom. The van der Waals surface area contributed by atoms with Gasteiger partial charge in [-0.15, -0.1) is 22.7 Å². The second-order valence-electron chi connectivity index (χ2n) is 22.4. The number of methoxy groups -OCH3 is 1. The van der Waals surface area contributed by atoms with Gasteiger partial charge in [-0.1, -0.05) is 63.9 Å². The number of fused-ring (bicyclic) bond motifs is 2. The number of amidine groups is 2. The van der Waals surface area contributed by atoms with Crippen molar-refractivity contribution in [2.45, 2.75) is 44.9 Å². The molecule has 22 nitrogen and oxygen atoms in total. The SMILES string of the molecule is CCOC(=O)C1=C(CN2CCN3C(=O)N(c4ccc(/C=C(\C)C(=O)O)cc4)C[C@@H]3C2)NC(c2nccs2)=N[C@H]1c1ccc(F)cc1Br.COC(=O)C1=C(CN2CCN3C(=O)N(c4ccc(/C(C)=C/C(=O)O)cc4)C[C@@H]3C2)NC(c2nccs2)=N[C@H]1c1ccc(F)cc1Cl. The smallest absolute Gasteiger partial charge is 0.338 e. The summed E-state index contributed by atoms with van der Waals surface area (Å²) in [6, 6.07) is 20.8. The number of amides is 4. The van der Waals surface area contributed by atoms with E-state index in [1.54, 1.807) is 60.3 Å². The van der Waals surface area contributed by atoms with Crippen LogP contribution in [0, 0.1) is 11.6 Å². The van der Waals surface area contributed by atoms with Gasteiger partial charge in [-0.3, -0.25) is 29.6 Å². The van der Waals surface area contributed by atoms with E-state index in [0.717, 1.165) is 28.6 Å². The van der Waals surface area contributed by atoms with Gasteiger partial charge in [-0.2, -0.15) is 0 Å². The number of esters is 2. The second kappa shape index (κ2) is 28.5. The lowest BCUT2D eigenvalue weighted by Crippen LogP contribution is -2.53. The Morgan fingerprint density at radius 3 is 1.68 bits per heavy atom. The van der Waals surface area contributed by atoms with Crippen molar-refractivity contribution >= 4 is 121 Å². The molecule has 4 saturated heterocycles. The highest BCUT2D eigenvalue weighted by Gasteiger charge is 2.45. The molecule has 6 aromatic rings. The van der Waals surface area contributed by atoms with Crippen molar-refractivity contribution in [2.24, 2.45) is 9.98 Å². The minimum absolute atomic E-state index is 0.0821. The Bertz CT molecular complexity index is 4090. The first-order valence-electron chi connectivity index (χ1n) is 29.5. The van der Waals surface area contributed by atoms with Crippen LogP contribution in [0.2, 0.25) is 5.02 Å². The lowest BCUT2D eigenvalue weighted by atomic mass is 9.95. The van der Waals surface area contributed by atoms with Crippen molar-refractivity contribution < 1.29 is 57.2 Å². The van der Waals surface area contributed by atoms with Crippen molar-refractivity contribution in [1.29, 1.82) is 0 Å². The van der Waals surface area contributed by atoms with E-state index in [1.165, 1.54) is 67.0 Å². The zero-order valence-electron chi connectivity index (χ0n) is 50.6. The molecule has 2 aromatic heterocycles. The van der Waals surface area contributed by atoms with Crippen molar-refractivity contribution in [1.82, 2.24) is 40.2 Å². The quantitative estimate of drug-likeness (QED) is 0.0490. The Kier molecular flexibility index (Phi) is 20.1. The maximum absolute atomic E-state index is 14.1. The summed E-state index contributed by atoms with van der Waals surface area (Å²) in [5.74, 6) is -3.07. The van der Waals surface area contributed by atoms with E-state index >= 15 is 0 Å². The van der Waals surface area contributed by atoms with Gasteiger partial charge in [-0.25, -0.2) is 47.5 Å². The first kappa shape index (κ1) is 65.5. The van der Waals surface area contributed by atoms with Gasteiger partial charge in [-0.05, 0) is 97.6 Å². The highest BCUT2D eigenvalue weighted by molar-refractivity contribution is 9.10. The topological polar surface area (TPSA) is 255 Å². The van der Waals surface area contributed by atoms with Crippen LogP contribution in [-0.4, -0.2) is 179 Å². The van der Waals surface area contributed by atoms with E-state index in [2.05, 4.69) is 46.3 Å². The van der Waals surface area contributed by atoms with Gasteiger partial charge in [0.2, 0.25) is 0 Å². The Balaban J connectivity index is 0.000000190. The summed E-state index contributed by atoms with van der Waals surface area (Å²) in [7, 11) is 1.30. The van der Waals surface area contributed by atoms with Crippen LogP contribution >= 0.6 is 50.2 Å². The number of carbonyl (C=O) groups is 6. The number of aliphatic imine (C=N–C) groups is 2. The summed E-state index contributed by atoms with van der Waals surface area (Å²) in [5.41, 5.74) is 6.64. The van der Waals surface area contributed by atoms with E-state index in [9.17, 15) is 42.7 Å². The van der Waals surface area contributed by atoms with Crippen LogP contribution in [0.1, 0.15) is 65.1 Å². The molecule has 4 aromatic carbocycles. The monoisotopic (exact) mass is 1390 g/mol. The number of aliphatic carboxylic acids is 2. The van der Waals surface area contributed by atoms with E-state index in [1.807, 2.05) is 57.0 Å². The standard InChI is InChI=1S/C33H32BrFN6O5S.C32H30ClFN6O5S/c1-3-46-32(44)27-26(37-29(30-36-10-13-47-30)38-28(27)24-9-6-21(35)15-25(24)34)18-39-11-12-40-23(16-39)17-41(33(40)45)22-7-4-20(5-8-22)14-19(2)31(42)43;1-18(13-26(41)42)19-3-6-21(7-4-19)40-16-22-15-38(10-11-39(22)32(40)44)17-25-27(31(43)45-2)28(23-8-5-20(34)14-24(23)33)37-29(36-25)30-35-9-12-46-30/h4-10,13-15,23,28H,3,11-12,16-18H2,1-2H3,(H,37,38)(H,42,43);3-9,12-14,22,28H,10-11,15-17H2,1-2H3,(H,36,37)(H,41,42)/b19-14+;18-13+/t23-,28-;22-,28-/m00/s1. The number of ether oxygens (including phenoxy) is 2. The fourth-order valence-corrected chi connectivity index (χ4v) is 14.0. The highest BCUT2D eigenvalue weighted by atomic mass is 79.9. The number of nitrogens with one attached hydrogen (secondary N) is 2. The van der Waals surface area contributed by atoms with Crippen LogP contribution in [0.15, 0.2) is 157 Å². The number of carboxylic acids is 2. The van der Waals surface area contributed by atoms with Gasteiger partial charge >= 0.3 is 35.9 Å². The molecule has 0 spiro atoms. The Morgan fingerprint density at radius 1 is 0.699 bits per heavy atom. The molecule has 6 aliphatic rings. The third kappa shape index (κ3) is 14.5. The predicted octanol–water partition coefficient (Wildman–Crippen LogP) is 9.64. The number of hydrogen-bond acceptors (Lipinski definition) is 18. The van der Waals surface area contributed by atoms with Crippen molar-refractivity contribution in [3.63, 3.8) is 0 Å². The zero-order valence-corrected chi connectivity index (χ0v) is 54.6. The number of thiazole rings is 2. The Hall–Kier alpha value is -8.99. The molecule has 0 radical (unpaired) electrons. The van der Waals surface area contributed by atoms with Crippen LogP contribution in [-0.2, 0) is 28.7 Å². The minimum atomic E-state index is -1.02. The fourth-order valence-electron chi connectivity index (χ4n) is 12.0. The zero-order chi connectivity index (χ0) is 65.8. The van der Waals surface area contributed by atoms with Gasteiger partial charge in [0, 0.05) is 138 Å². The van der Waals surface area contributed by atoms with Gasteiger partial charge in [0.15, 0.2) is 21.7 Å². The first-order chi connectivity index (χ1) is 44.7. The predicted molar refractivity (Wildman–Crippen MR) is 352 cm³/mol. The van der Waals surface area contributed by atoms with E-state index < -0.39 is 47.6 Å².